The van der Waals surface area contributed by atoms with Gasteiger partial charge >= 0.3 is 13.6 Å². The molecule has 15 heteroatoms. The van der Waals surface area contributed by atoms with Crippen LogP contribution in [0.5, 0.6) is 0 Å². The van der Waals surface area contributed by atoms with Crippen molar-refractivity contribution in [3.8, 4) is 0 Å². The van der Waals surface area contributed by atoms with Crippen molar-refractivity contribution >= 4 is 25.0 Å². The summed E-state index contributed by atoms with van der Waals surface area (Å²) in [6.45, 7) is 17.4. The van der Waals surface area contributed by atoms with Crippen molar-refractivity contribution in [1.82, 2.24) is 24.8 Å². The molecule has 0 radical (unpaired) electrons. The zero-order chi connectivity index (χ0) is 34.2. The quantitative estimate of drug-likeness (QED) is 0.0828. The zero-order valence-corrected chi connectivity index (χ0v) is 29.0. The molecule has 0 bridgehead atoms. The molecule has 1 saturated heterocycles. The third-order valence-electron chi connectivity index (χ3n) is 8.91. The highest BCUT2D eigenvalue weighted by Crippen LogP contribution is 2.44. The molecule has 1 aliphatic heterocycles. The van der Waals surface area contributed by atoms with Crippen LogP contribution in [-0.2, 0) is 33.7 Å². The number of aromatic nitrogens is 3. The monoisotopic (exact) mass is 668 g/mol. The van der Waals surface area contributed by atoms with E-state index in [9.17, 15) is 19.6 Å². The number of anilines is 1. The number of aliphatic hydroxyl groups excluding tert-OH is 2. The summed E-state index contributed by atoms with van der Waals surface area (Å²) in [5, 5.41) is 32.1. The van der Waals surface area contributed by atoms with Crippen LogP contribution in [-0.4, -0.2) is 81.0 Å². The number of nitrogen functional groups attached to an aromatic ring is 1. The van der Waals surface area contributed by atoms with Crippen LogP contribution in [0.4, 0.5) is 5.82 Å². The molecule has 2 aromatic rings. The van der Waals surface area contributed by atoms with E-state index in [1.165, 1.54) is 17.8 Å². The average Bonchev–Trinajstić information content (AvgIpc) is 3.57. The molecule has 0 spiro atoms. The molecule has 0 saturated carbocycles. The number of rotatable bonds is 19. The lowest BCUT2D eigenvalue weighted by Crippen LogP contribution is -2.42. The summed E-state index contributed by atoms with van der Waals surface area (Å²) < 4.78 is 39.3. The third kappa shape index (κ3) is 8.85. The van der Waals surface area contributed by atoms with Gasteiger partial charge in [-0.05, 0) is 44.7 Å². The molecular formula is C31H53N6O8P. The lowest BCUT2D eigenvalue weighted by molar-refractivity contribution is -0.146. The van der Waals surface area contributed by atoms with Crippen molar-refractivity contribution in [2.75, 3.05) is 25.6 Å². The van der Waals surface area contributed by atoms with Gasteiger partial charge in [-0.3, -0.25) is 9.36 Å². The van der Waals surface area contributed by atoms with E-state index in [-0.39, 0.29) is 18.3 Å². The van der Waals surface area contributed by atoms with Gasteiger partial charge in [-0.15, -0.1) is 0 Å². The first kappa shape index (κ1) is 37.9. The van der Waals surface area contributed by atoms with E-state index in [1.807, 2.05) is 13.8 Å². The second-order valence-electron chi connectivity index (χ2n) is 12.2. The van der Waals surface area contributed by atoms with Gasteiger partial charge in [0.15, 0.2) is 5.82 Å². The van der Waals surface area contributed by atoms with E-state index < -0.39 is 56.2 Å². The summed E-state index contributed by atoms with van der Waals surface area (Å²) in [7, 11) is -4.06. The number of ether oxygens (including phenoxy) is 3. The molecule has 0 amide bonds. The summed E-state index contributed by atoms with van der Waals surface area (Å²) in [5.41, 5.74) is 5.48. The Morgan fingerprint density at radius 1 is 1.09 bits per heavy atom. The molecule has 2 aromatic heterocycles. The van der Waals surface area contributed by atoms with Gasteiger partial charge in [0.1, 0.15) is 47.6 Å². The number of carbonyl (C=O) groups is 1. The Balaban J connectivity index is 1.78. The van der Waals surface area contributed by atoms with Crippen LogP contribution in [0.15, 0.2) is 30.8 Å². The molecule has 0 aliphatic carbocycles. The Morgan fingerprint density at radius 3 is 2.28 bits per heavy atom. The van der Waals surface area contributed by atoms with Crippen LogP contribution >= 0.6 is 7.67 Å². The van der Waals surface area contributed by atoms with Gasteiger partial charge in [-0.1, -0.05) is 60.0 Å². The number of fused-ring (bicyclic) bond motifs is 1. The Labute approximate surface area is 272 Å². The van der Waals surface area contributed by atoms with Crippen molar-refractivity contribution in [2.24, 2.45) is 11.8 Å². The molecule has 260 valence electrons. The van der Waals surface area contributed by atoms with Crippen LogP contribution < -0.4 is 15.9 Å². The fourth-order valence-electron chi connectivity index (χ4n) is 5.30. The molecule has 0 aromatic carbocycles. The van der Waals surface area contributed by atoms with Crippen LogP contribution in [0, 0.1) is 11.8 Å². The molecule has 14 nitrogen and oxygen atoms in total. The van der Waals surface area contributed by atoms with Gasteiger partial charge < -0.3 is 34.7 Å². The highest BCUT2D eigenvalue weighted by Gasteiger charge is 2.54. The molecule has 6 N–H and O–H groups in total. The third-order valence-corrected chi connectivity index (χ3v) is 10.9. The Morgan fingerprint density at radius 2 is 1.67 bits per heavy atom. The Kier molecular flexibility index (Phi) is 13.6. The van der Waals surface area contributed by atoms with E-state index in [1.54, 1.807) is 26.0 Å². The van der Waals surface area contributed by atoms with E-state index in [2.05, 4.69) is 40.7 Å². The molecule has 1 fully saturated rings. The molecule has 1 unspecified atom stereocenters. The molecule has 7 atom stereocenters. The Hall–Kier alpha value is -2.58. The van der Waals surface area contributed by atoms with Gasteiger partial charge in [0, 0.05) is 0 Å². The van der Waals surface area contributed by atoms with Crippen LogP contribution in [0.1, 0.15) is 79.8 Å². The highest BCUT2D eigenvalue weighted by atomic mass is 31.2. The minimum absolute atomic E-state index is 0.218. The summed E-state index contributed by atoms with van der Waals surface area (Å²) in [4.78, 5) is 16.9. The van der Waals surface area contributed by atoms with Crippen molar-refractivity contribution in [2.45, 2.75) is 110 Å². The van der Waals surface area contributed by atoms with Crippen molar-refractivity contribution in [3.05, 3.63) is 36.5 Å². The normalized spacial score (nSPS) is 24.3. The lowest BCUT2D eigenvalue weighted by atomic mass is 9.93. The highest BCUT2D eigenvalue weighted by molar-refractivity contribution is 7.54. The molecule has 3 rings (SSSR count). The van der Waals surface area contributed by atoms with E-state index >= 15 is 0 Å². The van der Waals surface area contributed by atoms with E-state index in [4.69, 9.17) is 24.5 Å². The van der Waals surface area contributed by atoms with E-state index in [0.29, 0.717) is 29.5 Å². The Bertz CT molecular complexity index is 1310. The number of aliphatic hydroxyl groups is 2. The number of hydrogen-bond donors (Lipinski definition) is 5. The fraction of sp³-hybridized carbons (Fsp3) is 0.710. The summed E-state index contributed by atoms with van der Waals surface area (Å²) in [6.07, 6.45) is 0.967. The second-order valence-corrected chi connectivity index (χ2v) is 14.1. The predicted octanol–water partition coefficient (Wildman–Crippen LogP) is 3.67. The molecule has 46 heavy (non-hydrogen) atoms. The topological polar surface area (TPSA) is 192 Å². The number of nitrogens with zero attached hydrogens (tertiary/aromatic N) is 3. The van der Waals surface area contributed by atoms with Crippen LogP contribution in [0.3, 0.4) is 0 Å². The summed E-state index contributed by atoms with van der Waals surface area (Å²) in [5.74, 6) is 0.564. The minimum Gasteiger partial charge on any atom is -0.497 e. The number of nitrogens with one attached hydrogen (secondary N) is 2. The standard InChI is InChI=1S/C31H53N6O8P/c1-9-22(10-2)15-42-21(7)19(5)35-46(41,36-20(6)30(40)43-16-23(11-3)12-4)44-17-25-27(38)28(39)31(8,45-25)26-14-13-24-29(32)33-18-34-37(24)26/h13-14,18-20,22-23,25,27-28,38-39H,7,9-12,15-17H2,1-6,8H3,(H2,32,33,34)(H2,35,36,41)/t19-,20-,25+,27+,28+,31-,46?/m0/s1. The number of esters is 1. The van der Waals surface area contributed by atoms with Crippen molar-refractivity contribution in [1.29, 1.82) is 0 Å². The first-order valence-corrected chi connectivity index (χ1v) is 17.8. The lowest BCUT2D eigenvalue weighted by Gasteiger charge is -2.29. The molecule has 1 aliphatic rings. The minimum atomic E-state index is -4.06. The maximum atomic E-state index is 14.3. The van der Waals surface area contributed by atoms with Crippen LogP contribution in [0.25, 0.3) is 5.52 Å². The fourth-order valence-corrected chi connectivity index (χ4v) is 7.15. The van der Waals surface area contributed by atoms with Crippen molar-refractivity contribution < 1.29 is 38.3 Å². The van der Waals surface area contributed by atoms with Gasteiger partial charge in [0.25, 0.3) is 0 Å². The first-order chi connectivity index (χ1) is 21.7. The summed E-state index contributed by atoms with van der Waals surface area (Å²) in [6, 6.07) is 1.70. The average molecular weight is 669 g/mol. The predicted molar refractivity (Wildman–Crippen MR) is 175 cm³/mol. The maximum Gasteiger partial charge on any atom is 0.342 e. The van der Waals surface area contributed by atoms with Gasteiger partial charge in [-0.2, -0.15) is 5.10 Å². The van der Waals surface area contributed by atoms with E-state index in [0.717, 1.165) is 25.7 Å². The number of nitrogens with two attached hydrogens (primary N) is 1. The van der Waals surface area contributed by atoms with Gasteiger partial charge in [-0.25, -0.2) is 19.7 Å². The smallest absolute Gasteiger partial charge is 0.342 e. The maximum absolute atomic E-state index is 14.3. The van der Waals surface area contributed by atoms with Crippen molar-refractivity contribution in [3.63, 3.8) is 0 Å². The second kappa shape index (κ2) is 16.5. The molecular weight excluding hydrogens is 615 g/mol. The first-order valence-electron chi connectivity index (χ1n) is 16.1. The SMILES string of the molecule is C=C(OCC(CC)CC)[C@H](C)NP(=O)(N[C@@H](C)C(=O)OCC(CC)CC)OC[C@H]1O[C@@](C)(c2ccc3c(N)ncnn23)[C@H](O)[C@@H]1O. The summed E-state index contributed by atoms with van der Waals surface area (Å²) >= 11 is 0. The zero-order valence-electron chi connectivity index (χ0n) is 28.1. The largest absolute Gasteiger partial charge is 0.497 e. The van der Waals surface area contributed by atoms with Crippen LogP contribution in [0.2, 0.25) is 0 Å². The van der Waals surface area contributed by atoms with Gasteiger partial charge in [0.2, 0.25) is 0 Å². The number of hydrogen-bond acceptors (Lipinski definition) is 11. The van der Waals surface area contributed by atoms with Gasteiger partial charge in [0.05, 0.1) is 31.6 Å². The molecule has 3 heterocycles. The number of carbonyl (C=O) groups excluding carboxylic acids is 1.